The maximum atomic E-state index is 11.3. The van der Waals surface area contributed by atoms with Crippen molar-refractivity contribution in [3.8, 4) is 0 Å². The highest BCUT2D eigenvalue weighted by Gasteiger charge is 2.50. The van der Waals surface area contributed by atoms with Crippen molar-refractivity contribution in [1.29, 1.82) is 0 Å². The number of rotatable bonds is 3. The molecule has 5 fully saturated rings. The molecule has 2 nitrogen and oxygen atoms in total. The van der Waals surface area contributed by atoms with Crippen molar-refractivity contribution < 1.29 is 9.90 Å². The molecular weight excluding hydrogens is 248 g/mol. The third-order valence-corrected chi connectivity index (χ3v) is 6.73. The Labute approximate surface area is 121 Å². The van der Waals surface area contributed by atoms with Gasteiger partial charge in [-0.3, -0.25) is 0 Å². The molecule has 5 aliphatic carbocycles. The van der Waals surface area contributed by atoms with Crippen LogP contribution in [-0.2, 0) is 4.79 Å². The van der Waals surface area contributed by atoms with Gasteiger partial charge < -0.3 is 5.11 Å². The van der Waals surface area contributed by atoms with E-state index in [0.717, 1.165) is 23.7 Å². The molecule has 0 aromatic heterocycles. The fraction of sp³-hybridized carbons (Fsp3) is 0.833. The van der Waals surface area contributed by atoms with Gasteiger partial charge in [0.1, 0.15) is 0 Å². The summed E-state index contributed by atoms with van der Waals surface area (Å²) in [6, 6.07) is 0. The predicted molar refractivity (Wildman–Crippen MR) is 78.2 cm³/mol. The van der Waals surface area contributed by atoms with E-state index < -0.39 is 5.97 Å². The van der Waals surface area contributed by atoms with Gasteiger partial charge in [-0.2, -0.15) is 0 Å². The first kappa shape index (κ1) is 12.9. The summed E-state index contributed by atoms with van der Waals surface area (Å²) in [5, 5.41) is 9.32. The Kier molecular flexibility index (Phi) is 3.16. The first-order valence-corrected chi connectivity index (χ1v) is 8.65. The van der Waals surface area contributed by atoms with Crippen molar-refractivity contribution in [2.75, 3.05) is 0 Å². The standard InChI is InChI=1S/C18H26O2/c19-17(20)10-16(13-3-1-2-4-13)18-14-6-11-5-12(8-14)9-15(18)7-11/h10-15,18H,1-9H2,(H,19,20)/b16-10+. The summed E-state index contributed by atoms with van der Waals surface area (Å²) in [4.78, 5) is 11.3. The zero-order valence-corrected chi connectivity index (χ0v) is 12.3. The minimum atomic E-state index is -0.708. The maximum Gasteiger partial charge on any atom is 0.328 e. The second kappa shape index (κ2) is 4.89. The second-order valence-electron chi connectivity index (χ2n) is 7.92. The number of hydrogen-bond donors (Lipinski definition) is 1. The van der Waals surface area contributed by atoms with Crippen LogP contribution in [0.25, 0.3) is 0 Å². The van der Waals surface area contributed by atoms with Crippen molar-refractivity contribution in [2.45, 2.75) is 57.8 Å². The van der Waals surface area contributed by atoms with Crippen LogP contribution in [0.1, 0.15) is 57.8 Å². The lowest BCUT2D eigenvalue weighted by atomic mass is 9.49. The van der Waals surface area contributed by atoms with E-state index in [4.69, 9.17) is 0 Å². The van der Waals surface area contributed by atoms with E-state index in [1.165, 1.54) is 63.4 Å². The van der Waals surface area contributed by atoms with Gasteiger partial charge >= 0.3 is 5.97 Å². The van der Waals surface area contributed by atoms with Gasteiger partial charge in [-0.25, -0.2) is 4.79 Å². The molecule has 1 N–H and O–H groups in total. The maximum absolute atomic E-state index is 11.3. The summed E-state index contributed by atoms with van der Waals surface area (Å²) >= 11 is 0. The van der Waals surface area contributed by atoms with Crippen LogP contribution in [0.4, 0.5) is 0 Å². The van der Waals surface area contributed by atoms with Crippen LogP contribution in [0.2, 0.25) is 0 Å². The normalized spacial score (nSPS) is 44.2. The molecule has 5 saturated carbocycles. The van der Waals surface area contributed by atoms with E-state index in [1.807, 2.05) is 0 Å². The molecule has 0 aromatic carbocycles. The monoisotopic (exact) mass is 274 g/mol. The second-order valence-corrected chi connectivity index (χ2v) is 7.92. The smallest absolute Gasteiger partial charge is 0.328 e. The molecule has 0 saturated heterocycles. The van der Waals surface area contributed by atoms with Gasteiger partial charge in [0.15, 0.2) is 0 Å². The Morgan fingerprint density at radius 1 is 0.900 bits per heavy atom. The zero-order valence-electron chi connectivity index (χ0n) is 12.3. The topological polar surface area (TPSA) is 37.3 Å². The molecular formula is C18H26O2. The number of allylic oxidation sites excluding steroid dienone is 1. The average Bonchev–Trinajstić information content (AvgIpc) is 2.89. The fourth-order valence-electron chi connectivity index (χ4n) is 6.36. The molecule has 0 aromatic rings. The molecule has 0 radical (unpaired) electrons. The number of hydrogen-bond acceptors (Lipinski definition) is 1. The Morgan fingerprint density at radius 2 is 1.45 bits per heavy atom. The minimum Gasteiger partial charge on any atom is -0.478 e. The SMILES string of the molecule is O=C(O)/C=C(\C1CCCC1)C1C2CC3CC(C2)CC1C3. The van der Waals surface area contributed by atoms with E-state index in [1.54, 1.807) is 6.08 Å². The lowest BCUT2D eigenvalue weighted by molar-refractivity contribution is -0.131. The van der Waals surface area contributed by atoms with E-state index >= 15 is 0 Å². The van der Waals surface area contributed by atoms with Gasteiger partial charge in [-0.15, -0.1) is 0 Å². The molecule has 110 valence electrons. The van der Waals surface area contributed by atoms with Gasteiger partial charge in [0.25, 0.3) is 0 Å². The molecule has 0 unspecified atom stereocenters. The Bertz CT molecular complexity index is 403. The van der Waals surface area contributed by atoms with Crippen LogP contribution in [0.3, 0.4) is 0 Å². The Hall–Kier alpha value is -0.790. The number of carboxylic acids is 1. The van der Waals surface area contributed by atoms with E-state index in [2.05, 4.69) is 0 Å². The largest absolute Gasteiger partial charge is 0.478 e. The first-order valence-electron chi connectivity index (χ1n) is 8.65. The quantitative estimate of drug-likeness (QED) is 0.781. The van der Waals surface area contributed by atoms with Crippen LogP contribution in [0.15, 0.2) is 11.6 Å². The van der Waals surface area contributed by atoms with E-state index in [0.29, 0.717) is 11.8 Å². The van der Waals surface area contributed by atoms with Crippen LogP contribution in [0, 0.1) is 35.5 Å². The molecule has 4 bridgehead atoms. The molecule has 5 aliphatic rings. The highest BCUT2D eigenvalue weighted by atomic mass is 16.4. The van der Waals surface area contributed by atoms with Gasteiger partial charge in [0.2, 0.25) is 0 Å². The Balaban J connectivity index is 1.64. The third kappa shape index (κ3) is 2.12. The predicted octanol–water partition coefficient (Wildman–Crippen LogP) is 4.26. The highest BCUT2D eigenvalue weighted by Crippen LogP contribution is 2.59. The van der Waals surface area contributed by atoms with Crippen molar-refractivity contribution in [3.63, 3.8) is 0 Å². The minimum absolute atomic E-state index is 0.591. The third-order valence-electron chi connectivity index (χ3n) is 6.73. The molecule has 0 spiro atoms. The van der Waals surface area contributed by atoms with Crippen molar-refractivity contribution >= 4 is 5.97 Å². The lowest BCUT2D eigenvalue weighted by Gasteiger charge is -2.55. The summed E-state index contributed by atoms with van der Waals surface area (Å²) in [6.07, 6.45) is 13.7. The summed E-state index contributed by atoms with van der Waals surface area (Å²) in [6.45, 7) is 0. The van der Waals surface area contributed by atoms with Crippen LogP contribution < -0.4 is 0 Å². The molecule has 2 heteroatoms. The van der Waals surface area contributed by atoms with Gasteiger partial charge in [0, 0.05) is 6.08 Å². The fourth-order valence-corrected chi connectivity index (χ4v) is 6.36. The zero-order chi connectivity index (χ0) is 13.7. The molecule has 0 heterocycles. The van der Waals surface area contributed by atoms with Crippen molar-refractivity contribution in [2.24, 2.45) is 35.5 Å². The van der Waals surface area contributed by atoms with Gasteiger partial charge in [-0.1, -0.05) is 18.4 Å². The van der Waals surface area contributed by atoms with Crippen molar-refractivity contribution in [3.05, 3.63) is 11.6 Å². The Morgan fingerprint density at radius 3 is 1.95 bits per heavy atom. The molecule has 0 aliphatic heterocycles. The number of aliphatic carboxylic acids is 1. The van der Waals surface area contributed by atoms with Gasteiger partial charge in [0.05, 0.1) is 0 Å². The number of carboxylic acid groups (broad SMARTS) is 1. The first-order chi connectivity index (χ1) is 9.70. The average molecular weight is 274 g/mol. The highest BCUT2D eigenvalue weighted by molar-refractivity contribution is 5.81. The van der Waals surface area contributed by atoms with Crippen molar-refractivity contribution in [1.82, 2.24) is 0 Å². The van der Waals surface area contributed by atoms with E-state index in [-0.39, 0.29) is 0 Å². The van der Waals surface area contributed by atoms with Gasteiger partial charge in [-0.05, 0) is 80.5 Å². The lowest BCUT2D eigenvalue weighted by Crippen LogP contribution is -2.46. The van der Waals surface area contributed by atoms with Crippen LogP contribution in [-0.4, -0.2) is 11.1 Å². The molecule has 0 atom stereocenters. The van der Waals surface area contributed by atoms with Crippen LogP contribution >= 0.6 is 0 Å². The molecule has 0 amide bonds. The van der Waals surface area contributed by atoms with Crippen LogP contribution in [0.5, 0.6) is 0 Å². The molecule has 20 heavy (non-hydrogen) atoms. The number of carbonyl (C=O) groups is 1. The summed E-state index contributed by atoms with van der Waals surface area (Å²) in [5.41, 5.74) is 1.35. The van der Waals surface area contributed by atoms with E-state index in [9.17, 15) is 9.90 Å². The summed E-state index contributed by atoms with van der Waals surface area (Å²) < 4.78 is 0. The summed E-state index contributed by atoms with van der Waals surface area (Å²) in [5.74, 6) is 4.10. The molecule has 5 rings (SSSR count). The summed E-state index contributed by atoms with van der Waals surface area (Å²) in [7, 11) is 0.